The molecule has 0 saturated carbocycles. The summed E-state index contributed by atoms with van der Waals surface area (Å²) in [5.74, 6) is -2.34. The van der Waals surface area contributed by atoms with Crippen LogP contribution >= 0.6 is 0 Å². The van der Waals surface area contributed by atoms with Gasteiger partial charge in [-0.15, -0.1) is 0 Å². The monoisotopic (exact) mass is 573 g/mol. The van der Waals surface area contributed by atoms with Crippen LogP contribution in [-0.4, -0.2) is 59.9 Å². The topological polar surface area (TPSA) is 123 Å². The van der Waals surface area contributed by atoms with Crippen molar-refractivity contribution in [1.82, 2.24) is 4.90 Å². The van der Waals surface area contributed by atoms with Gasteiger partial charge in [-0.25, -0.2) is 4.79 Å². The highest BCUT2D eigenvalue weighted by Gasteiger charge is 2.59. The smallest absolute Gasteiger partial charge is 0.455 e. The number of carbonyl (C=O) groups excluding carboxylic acids is 3. The third kappa shape index (κ3) is 6.01. The highest BCUT2D eigenvalue weighted by Crippen LogP contribution is 2.51. The van der Waals surface area contributed by atoms with Gasteiger partial charge in [-0.3, -0.25) is 9.59 Å². The van der Waals surface area contributed by atoms with Gasteiger partial charge in [0.15, 0.2) is 0 Å². The molecule has 2 aromatic carbocycles. The van der Waals surface area contributed by atoms with Gasteiger partial charge in [0.1, 0.15) is 18.1 Å². The number of fused-ring (bicyclic) bond motifs is 3. The number of hydrogen-bond acceptors (Lipinski definition) is 8. The second-order valence-corrected chi connectivity index (χ2v) is 11.1. The van der Waals surface area contributed by atoms with Crippen LogP contribution in [0.4, 0.5) is 4.79 Å². The zero-order valence-electron chi connectivity index (χ0n) is 23.9. The average Bonchev–Trinajstić information content (AvgIpc) is 3.24. The first-order valence-electron chi connectivity index (χ1n) is 14.5. The van der Waals surface area contributed by atoms with Crippen molar-refractivity contribution in [2.45, 2.75) is 51.5 Å². The Labute approximate surface area is 245 Å². The van der Waals surface area contributed by atoms with Crippen LogP contribution in [0.5, 0.6) is 11.5 Å². The first kappa shape index (κ1) is 29.6. The minimum Gasteiger partial charge on any atom is -0.507 e. The number of likely N-dealkylation sites (tertiary alicyclic amines) is 1. The molecule has 2 aliphatic heterocycles. The molecule has 3 amide bonds. The average molecular weight is 573 g/mol. The van der Waals surface area contributed by atoms with Crippen molar-refractivity contribution < 1.29 is 38.6 Å². The normalized spacial score (nSPS) is 24.0. The Morgan fingerprint density at radius 2 is 1.81 bits per heavy atom. The van der Waals surface area contributed by atoms with E-state index >= 15 is 0 Å². The molecule has 42 heavy (non-hydrogen) atoms. The summed E-state index contributed by atoms with van der Waals surface area (Å²) in [6.07, 6.45) is 3.75. The van der Waals surface area contributed by atoms with Crippen LogP contribution < -0.4 is 4.74 Å². The number of imide groups is 3. The van der Waals surface area contributed by atoms with E-state index in [1.807, 2.05) is 48.5 Å². The van der Waals surface area contributed by atoms with Crippen molar-refractivity contribution in [3.05, 3.63) is 76.9 Å². The lowest BCUT2D eigenvalue weighted by atomic mass is 9.58. The molecule has 9 nitrogen and oxygen atoms in total. The number of hydrogen-bond donors (Lipinski definition) is 2. The molecule has 0 unspecified atom stereocenters. The molecule has 0 aromatic heterocycles. The lowest BCUT2D eigenvalue weighted by Crippen LogP contribution is -2.46. The van der Waals surface area contributed by atoms with Crippen LogP contribution in [0.3, 0.4) is 0 Å². The fraction of sp³-hybridized carbons (Fsp3) is 0.406. The van der Waals surface area contributed by atoms with Crippen LogP contribution in [0.2, 0.25) is 6.32 Å². The van der Waals surface area contributed by atoms with Gasteiger partial charge in [-0.05, 0) is 67.3 Å². The van der Waals surface area contributed by atoms with Crippen molar-refractivity contribution in [2.24, 2.45) is 17.8 Å². The molecule has 2 aromatic rings. The number of carbonyl (C=O) groups is 3. The third-order valence-corrected chi connectivity index (χ3v) is 8.42. The van der Waals surface area contributed by atoms with E-state index in [0.29, 0.717) is 23.5 Å². The Bertz CT molecular complexity index is 1390. The Kier molecular flexibility index (Phi) is 9.13. The van der Waals surface area contributed by atoms with E-state index < -0.39 is 48.9 Å². The largest absolute Gasteiger partial charge is 0.507 e. The van der Waals surface area contributed by atoms with Crippen LogP contribution in [0, 0.1) is 17.8 Å². The van der Waals surface area contributed by atoms with E-state index in [2.05, 4.69) is 6.92 Å². The summed E-state index contributed by atoms with van der Waals surface area (Å²) in [6.45, 7) is 2.28. The van der Waals surface area contributed by atoms with Gasteiger partial charge >= 0.3 is 13.2 Å². The molecule has 2 saturated heterocycles. The fourth-order valence-corrected chi connectivity index (χ4v) is 6.59. The number of allylic oxidation sites excluding steroid dienone is 1. The molecular weight excluding hydrogens is 537 g/mol. The highest BCUT2D eigenvalue weighted by molar-refractivity contribution is 6.43. The SMILES string of the molecule is CCC/C(=C\c1ccccc1O)CC[C@H]1OB(O)C[C@H]2C1=C(COc1ccccc1)C[C@H]1C(=O)N(C(=O)OC)C(=O)[C@H]12. The summed E-state index contributed by atoms with van der Waals surface area (Å²) in [4.78, 5) is 39.8. The molecule has 220 valence electrons. The van der Waals surface area contributed by atoms with Crippen molar-refractivity contribution in [3.8, 4) is 11.5 Å². The summed E-state index contributed by atoms with van der Waals surface area (Å²) in [7, 11) is 0.00374. The van der Waals surface area contributed by atoms with Gasteiger partial charge in [0, 0.05) is 5.56 Å². The lowest BCUT2D eigenvalue weighted by Gasteiger charge is -2.43. The molecule has 0 bridgehead atoms. The number of phenols is 1. The summed E-state index contributed by atoms with van der Waals surface area (Å²) in [6, 6.07) is 16.5. The zero-order chi connectivity index (χ0) is 29.8. The molecule has 2 N–H and O–H groups in total. The van der Waals surface area contributed by atoms with Gasteiger partial charge in [0.25, 0.3) is 0 Å². The summed E-state index contributed by atoms with van der Waals surface area (Å²) in [5.41, 5.74) is 3.57. The van der Waals surface area contributed by atoms with E-state index in [9.17, 15) is 24.5 Å². The number of para-hydroxylation sites is 2. The zero-order valence-corrected chi connectivity index (χ0v) is 23.9. The standard InChI is InChI=1S/C32H36BNO8/c1-3-9-20(16-21-10-7-8-13-26(21)35)14-15-27-28-22(19-41-23-11-5-4-6-12-23)17-24-29(25(28)18-33(39)42-27)31(37)34(30(24)36)32(38)40-2/h4-8,10-13,16,24-25,27,29,35,39H,3,9,14-15,17-19H2,1-2H3/b20-16+/t24-,25+,27-,29-/m1/s1. The van der Waals surface area contributed by atoms with Gasteiger partial charge in [-0.2, -0.15) is 4.90 Å². The van der Waals surface area contributed by atoms with Gasteiger partial charge in [0.2, 0.25) is 11.8 Å². The Hall–Kier alpha value is -3.89. The third-order valence-electron chi connectivity index (χ3n) is 8.42. The maximum atomic E-state index is 13.5. The van der Waals surface area contributed by atoms with E-state index in [0.717, 1.165) is 42.2 Å². The number of amides is 3. The number of methoxy groups -OCH3 is 1. The van der Waals surface area contributed by atoms with E-state index in [1.165, 1.54) is 0 Å². The van der Waals surface area contributed by atoms with Crippen molar-refractivity contribution >= 4 is 31.1 Å². The van der Waals surface area contributed by atoms with E-state index in [4.69, 9.17) is 14.1 Å². The minimum atomic E-state index is -1.13. The number of benzene rings is 2. The summed E-state index contributed by atoms with van der Waals surface area (Å²) < 4.78 is 17.0. The molecule has 5 rings (SSSR count). The Morgan fingerprint density at radius 3 is 2.52 bits per heavy atom. The molecule has 3 aliphatic rings. The molecule has 1 aliphatic carbocycles. The van der Waals surface area contributed by atoms with Gasteiger partial charge < -0.3 is 24.3 Å². The lowest BCUT2D eigenvalue weighted by molar-refractivity contribution is -0.137. The molecule has 0 radical (unpaired) electrons. The van der Waals surface area contributed by atoms with Crippen molar-refractivity contribution in [2.75, 3.05) is 13.7 Å². The van der Waals surface area contributed by atoms with E-state index in [1.54, 1.807) is 12.1 Å². The summed E-state index contributed by atoms with van der Waals surface area (Å²) in [5, 5.41) is 21.1. The van der Waals surface area contributed by atoms with Crippen LogP contribution in [0.25, 0.3) is 6.08 Å². The number of ether oxygens (including phenoxy) is 2. The highest BCUT2D eigenvalue weighted by atomic mass is 16.5. The molecule has 10 heteroatoms. The van der Waals surface area contributed by atoms with Crippen LogP contribution in [0.1, 0.15) is 44.6 Å². The number of rotatable bonds is 9. The maximum absolute atomic E-state index is 13.5. The maximum Gasteiger partial charge on any atom is 0.455 e. The summed E-state index contributed by atoms with van der Waals surface area (Å²) >= 11 is 0. The van der Waals surface area contributed by atoms with Crippen LogP contribution in [0.15, 0.2) is 71.3 Å². The fourth-order valence-electron chi connectivity index (χ4n) is 6.59. The number of aromatic hydroxyl groups is 1. The van der Waals surface area contributed by atoms with Crippen LogP contribution in [-0.2, 0) is 19.0 Å². The Morgan fingerprint density at radius 1 is 1.07 bits per heavy atom. The van der Waals surface area contributed by atoms with Gasteiger partial charge in [0.05, 0.1) is 25.0 Å². The quantitative estimate of drug-likeness (QED) is 0.244. The number of nitrogens with zero attached hydrogens (tertiary/aromatic N) is 1. The van der Waals surface area contributed by atoms with Gasteiger partial charge in [-0.1, -0.05) is 61.4 Å². The van der Waals surface area contributed by atoms with Crippen molar-refractivity contribution in [3.63, 3.8) is 0 Å². The molecule has 2 fully saturated rings. The molecule has 2 heterocycles. The predicted molar refractivity (Wildman–Crippen MR) is 156 cm³/mol. The Balaban J connectivity index is 1.48. The second-order valence-electron chi connectivity index (χ2n) is 11.1. The first-order valence-corrected chi connectivity index (χ1v) is 14.5. The molecule has 0 spiro atoms. The number of phenolic OH excluding ortho intramolecular Hbond substituents is 1. The minimum absolute atomic E-state index is 0.130. The predicted octanol–water partition coefficient (Wildman–Crippen LogP) is 5.00. The van der Waals surface area contributed by atoms with Crippen molar-refractivity contribution in [1.29, 1.82) is 0 Å². The second kappa shape index (κ2) is 13.0. The first-order chi connectivity index (χ1) is 20.3. The van der Waals surface area contributed by atoms with E-state index in [-0.39, 0.29) is 25.1 Å². The molecule has 4 atom stereocenters. The molecular formula is C32H36BNO8.